The van der Waals surface area contributed by atoms with Crippen LogP contribution in [0.25, 0.3) is 0 Å². The summed E-state index contributed by atoms with van der Waals surface area (Å²) in [7, 11) is 0. The van der Waals surface area contributed by atoms with Crippen LogP contribution in [-0.2, 0) is 11.2 Å². The molecule has 0 aliphatic carbocycles. The summed E-state index contributed by atoms with van der Waals surface area (Å²) in [5, 5.41) is 0. The maximum atomic E-state index is 11.9. The van der Waals surface area contributed by atoms with Crippen LogP contribution in [0.4, 0.5) is 0 Å². The molecule has 1 aromatic rings. The van der Waals surface area contributed by atoms with Crippen molar-refractivity contribution < 1.29 is 14.3 Å². The SMILES string of the molecule is O=C(/C=C/CCCCCCCCCCc1ccc2c(c1)OCO2)N1CCCC1. The first-order chi connectivity index (χ1) is 13.8. The standard InChI is InChI=1S/C24H35NO3/c26-24(25-17-11-12-18-25)14-10-8-6-4-2-1-3-5-7-9-13-21-15-16-22-23(19-21)28-20-27-22/h10,14-16,19H,1-9,11-13,17-18,20H2/b14-10+. The van der Waals surface area contributed by atoms with Gasteiger partial charge in [0.1, 0.15) is 0 Å². The highest BCUT2D eigenvalue weighted by Crippen LogP contribution is 2.32. The van der Waals surface area contributed by atoms with Crippen LogP contribution in [0.2, 0.25) is 0 Å². The summed E-state index contributed by atoms with van der Waals surface area (Å²) in [6.45, 7) is 2.24. The summed E-state index contributed by atoms with van der Waals surface area (Å²) in [5.74, 6) is 1.98. The molecule has 1 fully saturated rings. The summed E-state index contributed by atoms with van der Waals surface area (Å²) >= 11 is 0. The minimum Gasteiger partial charge on any atom is -0.454 e. The molecule has 1 aromatic carbocycles. The summed E-state index contributed by atoms with van der Waals surface area (Å²) in [5.41, 5.74) is 1.35. The first-order valence-electron chi connectivity index (χ1n) is 11.2. The maximum Gasteiger partial charge on any atom is 0.246 e. The molecule has 1 saturated heterocycles. The van der Waals surface area contributed by atoms with Crippen molar-refractivity contribution in [1.82, 2.24) is 4.90 Å². The van der Waals surface area contributed by atoms with E-state index in [0.717, 1.165) is 50.3 Å². The van der Waals surface area contributed by atoms with Crippen LogP contribution in [0.1, 0.15) is 76.2 Å². The molecule has 0 atom stereocenters. The van der Waals surface area contributed by atoms with E-state index in [2.05, 4.69) is 18.2 Å². The van der Waals surface area contributed by atoms with Gasteiger partial charge in [0.15, 0.2) is 11.5 Å². The van der Waals surface area contributed by atoms with Gasteiger partial charge in [0.2, 0.25) is 12.7 Å². The van der Waals surface area contributed by atoms with Crippen molar-refractivity contribution >= 4 is 5.91 Å². The number of fused-ring (bicyclic) bond motifs is 1. The largest absolute Gasteiger partial charge is 0.454 e. The topological polar surface area (TPSA) is 38.8 Å². The van der Waals surface area contributed by atoms with Crippen molar-refractivity contribution in [2.75, 3.05) is 19.9 Å². The number of benzene rings is 1. The van der Waals surface area contributed by atoms with Crippen molar-refractivity contribution in [3.63, 3.8) is 0 Å². The maximum absolute atomic E-state index is 11.9. The van der Waals surface area contributed by atoms with E-state index >= 15 is 0 Å². The number of hydrogen-bond acceptors (Lipinski definition) is 3. The first-order valence-corrected chi connectivity index (χ1v) is 11.2. The number of nitrogens with zero attached hydrogens (tertiary/aromatic N) is 1. The van der Waals surface area contributed by atoms with Gasteiger partial charge in [-0.15, -0.1) is 0 Å². The van der Waals surface area contributed by atoms with Crippen molar-refractivity contribution in [2.24, 2.45) is 0 Å². The molecular weight excluding hydrogens is 350 g/mol. The average molecular weight is 386 g/mol. The van der Waals surface area contributed by atoms with Crippen LogP contribution in [0, 0.1) is 0 Å². The van der Waals surface area contributed by atoms with Gasteiger partial charge in [0, 0.05) is 13.1 Å². The molecule has 0 N–H and O–H groups in total. The Bertz CT molecular complexity index is 635. The van der Waals surface area contributed by atoms with Crippen LogP contribution in [0.15, 0.2) is 30.4 Å². The highest BCUT2D eigenvalue weighted by atomic mass is 16.7. The highest BCUT2D eigenvalue weighted by molar-refractivity contribution is 5.87. The Labute approximate surface area is 169 Å². The molecule has 0 spiro atoms. The zero-order valence-electron chi connectivity index (χ0n) is 17.2. The number of rotatable bonds is 12. The summed E-state index contributed by atoms with van der Waals surface area (Å²) < 4.78 is 10.8. The van der Waals surface area contributed by atoms with Gasteiger partial charge in [-0.3, -0.25) is 4.79 Å². The smallest absolute Gasteiger partial charge is 0.246 e. The van der Waals surface area contributed by atoms with E-state index < -0.39 is 0 Å². The molecule has 0 saturated carbocycles. The second-order valence-corrected chi connectivity index (χ2v) is 7.99. The van der Waals surface area contributed by atoms with E-state index in [4.69, 9.17) is 9.47 Å². The van der Waals surface area contributed by atoms with Crippen molar-refractivity contribution in [3.05, 3.63) is 35.9 Å². The number of allylic oxidation sites excluding steroid dienone is 1. The number of amides is 1. The summed E-state index contributed by atoms with van der Waals surface area (Å²) in [4.78, 5) is 13.8. The van der Waals surface area contributed by atoms with Gasteiger partial charge in [0.25, 0.3) is 0 Å². The molecule has 28 heavy (non-hydrogen) atoms. The van der Waals surface area contributed by atoms with Crippen LogP contribution in [-0.4, -0.2) is 30.7 Å². The van der Waals surface area contributed by atoms with E-state index in [-0.39, 0.29) is 5.91 Å². The number of ether oxygens (including phenoxy) is 2. The van der Waals surface area contributed by atoms with Gasteiger partial charge in [-0.05, 0) is 62.3 Å². The molecule has 0 radical (unpaired) electrons. The number of aryl methyl sites for hydroxylation is 1. The number of carbonyl (C=O) groups is 1. The van der Waals surface area contributed by atoms with Gasteiger partial charge in [-0.2, -0.15) is 0 Å². The van der Waals surface area contributed by atoms with E-state index in [1.165, 1.54) is 56.9 Å². The molecule has 0 aromatic heterocycles. The predicted molar refractivity (Wildman–Crippen MR) is 113 cm³/mol. The Morgan fingerprint density at radius 3 is 2.36 bits per heavy atom. The third-order valence-corrected chi connectivity index (χ3v) is 5.70. The minimum atomic E-state index is 0.207. The molecule has 4 nitrogen and oxygen atoms in total. The Kier molecular flexibility index (Phi) is 8.73. The van der Waals surface area contributed by atoms with Crippen LogP contribution in [0.3, 0.4) is 0 Å². The Morgan fingerprint density at radius 2 is 1.57 bits per heavy atom. The lowest BCUT2D eigenvalue weighted by atomic mass is 10.0. The Balaban J connectivity index is 1.12. The van der Waals surface area contributed by atoms with E-state index in [0.29, 0.717) is 6.79 Å². The Morgan fingerprint density at radius 1 is 0.893 bits per heavy atom. The fraction of sp³-hybridized carbons (Fsp3) is 0.625. The molecule has 2 aliphatic heterocycles. The van der Waals surface area contributed by atoms with Gasteiger partial charge in [-0.25, -0.2) is 0 Å². The highest BCUT2D eigenvalue weighted by Gasteiger charge is 2.15. The first kappa shape index (κ1) is 20.8. The molecule has 2 aliphatic rings. The number of likely N-dealkylation sites (tertiary alicyclic amines) is 1. The third-order valence-electron chi connectivity index (χ3n) is 5.70. The van der Waals surface area contributed by atoms with E-state index in [1.54, 1.807) is 6.08 Å². The van der Waals surface area contributed by atoms with E-state index in [9.17, 15) is 4.79 Å². The van der Waals surface area contributed by atoms with Gasteiger partial charge >= 0.3 is 0 Å². The van der Waals surface area contributed by atoms with Crippen LogP contribution >= 0.6 is 0 Å². The Hall–Kier alpha value is -1.97. The lowest BCUT2D eigenvalue weighted by molar-refractivity contribution is -0.125. The van der Waals surface area contributed by atoms with Gasteiger partial charge < -0.3 is 14.4 Å². The molecule has 1 amide bonds. The number of hydrogen-bond donors (Lipinski definition) is 0. The summed E-state index contributed by atoms with van der Waals surface area (Å²) in [6, 6.07) is 6.30. The quantitative estimate of drug-likeness (QED) is 0.345. The zero-order valence-corrected chi connectivity index (χ0v) is 17.2. The van der Waals surface area contributed by atoms with Crippen LogP contribution < -0.4 is 9.47 Å². The second kappa shape index (κ2) is 11.8. The van der Waals surface area contributed by atoms with Crippen molar-refractivity contribution in [3.8, 4) is 11.5 Å². The van der Waals surface area contributed by atoms with Crippen molar-refractivity contribution in [2.45, 2.75) is 77.0 Å². The normalized spacial score (nSPS) is 15.6. The van der Waals surface area contributed by atoms with Gasteiger partial charge in [0.05, 0.1) is 0 Å². The monoisotopic (exact) mass is 385 g/mol. The van der Waals surface area contributed by atoms with E-state index in [1.807, 2.05) is 11.0 Å². The molecule has 4 heteroatoms. The fourth-order valence-electron chi connectivity index (χ4n) is 3.98. The number of carbonyl (C=O) groups excluding carboxylic acids is 1. The molecular formula is C24H35NO3. The number of unbranched alkanes of at least 4 members (excludes halogenated alkanes) is 8. The summed E-state index contributed by atoms with van der Waals surface area (Å²) in [6.07, 6.45) is 18.7. The molecule has 3 rings (SSSR count). The van der Waals surface area contributed by atoms with Crippen molar-refractivity contribution in [1.29, 1.82) is 0 Å². The molecule has 0 bridgehead atoms. The predicted octanol–water partition coefficient (Wildman–Crippen LogP) is 5.65. The third kappa shape index (κ3) is 6.88. The molecule has 2 heterocycles. The lowest BCUT2D eigenvalue weighted by Gasteiger charge is -2.11. The average Bonchev–Trinajstić information content (AvgIpc) is 3.40. The molecule has 154 valence electrons. The minimum absolute atomic E-state index is 0.207. The van der Waals surface area contributed by atoms with Crippen LogP contribution in [0.5, 0.6) is 11.5 Å². The second-order valence-electron chi connectivity index (χ2n) is 7.99. The lowest BCUT2D eigenvalue weighted by Crippen LogP contribution is -2.25. The molecule has 0 unspecified atom stereocenters. The zero-order chi connectivity index (χ0) is 19.4. The fourth-order valence-corrected chi connectivity index (χ4v) is 3.98. The van der Waals surface area contributed by atoms with Gasteiger partial charge in [-0.1, -0.05) is 50.7 Å².